The molecule has 2 bridgehead atoms. The molecule has 0 N–H and O–H groups in total. The minimum absolute atomic E-state index is 0.0950. The number of carbonyl (C=O) groups is 3. The van der Waals surface area contributed by atoms with Crippen LogP contribution in [-0.4, -0.2) is 24.5 Å². The van der Waals surface area contributed by atoms with Crippen molar-refractivity contribution in [2.24, 2.45) is 35.5 Å². The van der Waals surface area contributed by atoms with E-state index in [-0.39, 0.29) is 29.8 Å². The Balaban J connectivity index is 1.86. The molecule has 7 unspecified atom stereocenters. The van der Waals surface area contributed by atoms with Crippen LogP contribution in [0.1, 0.15) is 26.7 Å². The Morgan fingerprint density at radius 3 is 2.47 bits per heavy atom. The van der Waals surface area contributed by atoms with Gasteiger partial charge in [0.2, 0.25) is 0 Å². The highest BCUT2D eigenvalue weighted by Crippen LogP contribution is 2.57. The van der Waals surface area contributed by atoms with Crippen LogP contribution in [0.2, 0.25) is 0 Å². The van der Waals surface area contributed by atoms with Gasteiger partial charge < -0.3 is 9.47 Å². The fraction of sp³-hybridized carbons (Fsp3) is 0.786. The molecule has 1 heterocycles. The van der Waals surface area contributed by atoms with Crippen LogP contribution in [0.5, 0.6) is 0 Å². The Bertz CT molecular complexity index is 432. The monoisotopic (exact) mass is 266 g/mol. The molecule has 0 radical (unpaired) electrons. The second kappa shape index (κ2) is 4.32. The molecule has 0 spiro atoms. The number of cyclic esters (lactones) is 2. The summed E-state index contributed by atoms with van der Waals surface area (Å²) in [5, 5.41) is 0. The molecule has 2 aliphatic carbocycles. The zero-order chi connectivity index (χ0) is 13.7. The third kappa shape index (κ3) is 1.70. The van der Waals surface area contributed by atoms with Crippen molar-refractivity contribution in [2.45, 2.75) is 32.8 Å². The predicted molar refractivity (Wildman–Crippen MR) is 63.6 cm³/mol. The largest absolute Gasteiger partial charge is 0.464 e. The average Bonchev–Trinajstić information content (AvgIpc) is 2.96. The zero-order valence-corrected chi connectivity index (χ0v) is 11.1. The molecule has 3 fully saturated rings. The van der Waals surface area contributed by atoms with E-state index in [0.717, 1.165) is 12.8 Å². The Kier molecular flexibility index (Phi) is 2.87. The van der Waals surface area contributed by atoms with Crippen LogP contribution in [0.25, 0.3) is 0 Å². The van der Waals surface area contributed by atoms with Crippen LogP contribution in [0.3, 0.4) is 0 Å². The van der Waals surface area contributed by atoms with Gasteiger partial charge in [0.25, 0.3) is 6.47 Å². The topological polar surface area (TPSA) is 69.7 Å². The first-order chi connectivity index (χ1) is 9.04. The number of carbonyl (C=O) groups excluding carboxylic acids is 3. The molecule has 5 heteroatoms. The predicted octanol–water partition coefficient (Wildman–Crippen LogP) is 1.16. The summed E-state index contributed by atoms with van der Waals surface area (Å²) in [7, 11) is 0. The molecule has 1 saturated heterocycles. The number of esters is 2. The lowest BCUT2D eigenvalue weighted by molar-refractivity contribution is -0.154. The number of rotatable bonds is 3. The van der Waals surface area contributed by atoms with Crippen molar-refractivity contribution in [3.63, 3.8) is 0 Å². The highest BCUT2D eigenvalue weighted by Gasteiger charge is 2.59. The summed E-state index contributed by atoms with van der Waals surface area (Å²) < 4.78 is 9.92. The van der Waals surface area contributed by atoms with Crippen molar-refractivity contribution in [2.75, 3.05) is 0 Å². The molecule has 3 aliphatic rings. The van der Waals surface area contributed by atoms with E-state index in [4.69, 9.17) is 9.47 Å². The SMILES string of the molecule is CC1C(=O)OC(=O)C1C1C(C)C2CC(OC=O)C1C2. The second-order valence-electron chi connectivity index (χ2n) is 6.16. The molecule has 1 aliphatic heterocycles. The Labute approximate surface area is 111 Å². The van der Waals surface area contributed by atoms with E-state index in [1.54, 1.807) is 6.92 Å². The second-order valence-corrected chi connectivity index (χ2v) is 6.16. The zero-order valence-electron chi connectivity index (χ0n) is 11.1. The van der Waals surface area contributed by atoms with E-state index in [1.807, 2.05) is 0 Å². The average molecular weight is 266 g/mol. The summed E-state index contributed by atoms with van der Waals surface area (Å²) in [6, 6.07) is 0. The lowest BCUT2D eigenvalue weighted by atomic mass is 9.69. The lowest BCUT2D eigenvalue weighted by Gasteiger charge is -2.36. The molecule has 5 nitrogen and oxygen atoms in total. The van der Waals surface area contributed by atoms with Gasteiger partial charge in [0.05, 0.1) is 11.8 Å². The van der Waals surface area contributed by atoms with Gasteiger partial charge in [-0.1, -0.05) is 13.8 Å². The van der Waals surface area contributed by atoms with Crippen LogP contribution in [0.4, 0.5) is 0 Å². The number of hydrogen-bond donors (Lipinski definition) is 0. The Morgan fingerprint density at radius 2 is 1.95 bits per heavy atom. The maximum atomic E-state index is 11.9. The summed E-state index contributed by atoms with van der Waals surface area (Å²) >= 11 is 0. The molecular weight excluding hydrogens is 248 g/mol. The minimum Gasteiger partial charge on any atom is -0.464 e. The molecule has 0 aromatic rings. The van der Waals surface area contributed by atoms with Crippen LogP contribution in [0, 0.1) is 35.5 Å². The van der Waals surface area contributed by atoms with Gasteiger partial charge in [-0.3, -0.25) is 14.4 Å². The van der Waals surface area contributed by atoms with Gasteiger partial charge in [0.15, 0.2) is 0 Å². The molecule has 0 amide bonds. The molecular formula is C14H18O5. The van der Waals surface area contributed by atoms with Crippen molar-refractivity contribution in [1.29, 1.82) is 0 Å². The number of ether oxygens (including phenoxy) is 2. The molecule has 2 saturated carbocycles. The van der Waals surface area contributed by atoms with Crippen LogP contribution >= 0.6 is 0 Å². The molecule has 0 aromatic heterocycles. The third-order valence-electron chi connectivity index (χ3n) is 5.46. The first-order valence-electron chi connectivity index (χ1n) is 6.89. The minimum atomic E-state index is -0.419. The Morgan fingerprint density at radius 1 is 1.21 bits per heavy atom. The van der Waals surface area contributed by atoms with Gasteiger partial charge in [-0.25, -0.2) is 0 Å². The van der Waals surface area contributed by atoms with E-state index in [1.165, 1.54) is 0 Å². The summed E-state index contributed by atoms with van der Waals surface area (Å²) in [5.74, 6) is -0.414. The van der Waals surface area contributed by atoms with Gasteiger partial charge in [-0.15, -0.1) is 0 Å². The maximum Gasteiger partial charge on any atom is 0.317 e. The van der Waals surface area contributed by atoms with E-state index < -0.39 is 11.9 Å². The summed E-state index contributed by atoms with van der Waals surface area (Å²) in [5.41, 5.74) is 0. The molecule has 7 atom stereocenters. The van der Waals surface area contributed by atoms with Crippen molar-refractivity contribution in [3.8, 4) is 0 Å². The quantitative estimate of drug-likeness (QED) is 0.435. The van der Waals surface area contributed by atoms with Gasteiger partial charge in [0, 0.05) is 5.92 Å². The highest BCUT2D eigenvalue weighted by molar-refractivity contribution is 5.96. The van der Waals surface area contributed by atoms with Crippen molar-refractivity contribution in [3.05, 3.63) is 0 Å². The first-order valence-corrected chi connectivity index (χ1v) is 6.89. The molecule has 104 valence electrons. The highest BCUT2D eigenvalue weighted by atomic mass is 16.6. The molecule has 0 aromatic carbocycles. The molecule has 19 heavy (non-hydrogen) atoms. The molecule has 3 rings (SSSR count). The van der Waals surface area contributed by atoms with Gasteiger partial charge in [-0.2, -0.15) is 0 Å². The maximum absolute atomic E-state index is 11.9. The van der Waals surface area contributed by atoms with Gasteiger partial charge in [0.1, 0.15) is 6.10 Å². The van der Waals surface area contributed by atoms with E-state index in [2.05, 4.69) is 6.92 Å². The van der Waals surface area contributed by atoms with E-state index in [9.17, 15) is 14.4 Å². The number of hydrogen-bond acceptors (Lipinski definition) is 5. The van der Waals surface area contributed by atoms with Crippen LogP contribution < -0.4 is 0 Å². The van der Waals surface area contributed by atoms with Crippen LogP contribution in [0.15, 0.2) is 0 Å². The fourth-order valence-corrected chi connectivity index (χ4v) is 4.53. The van der Waals surface area contributed by atoms with E-state index in [0.29, 0.717) is 18.3 Å². The van der Waals surface area contributed by atoms with Crippen molar-refractivity contribution < 1.29 is 23.9 Å². The number of fused-ring (bicyclic) bond motifs is 2. The summed E-state index contributed by atoms with van der Waals surface area (Å²) in [4.78, 5) is 34.0. The smallest absolute Gasteiger partial charge is 0.317 e. The lowest BCUT2D eigenvalue weighted by Crippen LogP contribution is -2.39. The summed E-state index contributed by atoms with van der Waals surface area (Å²) in [6.45, 7) is 4.39. The van der Waals surface area contributed by atoms with Crippen molar-refractivity contribution in [1.82, 2.24) is 0 Å². The van der Waals surface area contributed by atoms with E-state index >= 15 is 0 Å². The van der Waals surface area contributed by atoms with Gasteiger partial charge in [-0.05, 0) is 30.6 Å². The summed E-state index contributed by atoms with van der Waals surface area (Å²) in [6.07, 6.45) is 1.76. The van der Waals surface area contributed by atoms with Crippen LogP contribution in [-0.2, 0) is 23.9 Å². The van der Waals surface area contributed by atoms with Gasteiger partial charge >= 0.3 is 11.9 Å². The standard InChI is InChI=1S/C14H18O5/c1-6-8-3-9(10(4-8)18-5-15)11(6)12-7(2)13(16)19-14(12)17/h5-12H,3-4H2,1-2H3. The fourth-order valence-electron chi connectivity index (χ4n) is 4.53. The third-order valence-corrected chi connectivity index (χ3v) is 5.46. The first kappa shape index (κ1) is 12.6. The van der Waals surface area contributed by atoms with Crippen molar-refractivity contribution >= 4 is 18.4 Å². The normalized spacial score (nSPS) is 48.4. The Hall–Kier alpha value is -1.39.